The Bertz CT molecular complexity index is 1020. The zero-order valence-electron chi connectivity index (χ0n) is 16.0. The van der Waals surface area contributed by atoms with Crippen LogP contribution >= 0.6 is 0 Å². The van der Waals surface area contributed by atoms with Crippen LogP contribution in [-0.2, 0) is 9.47 Å². The van der Waals surface area contributed by atoms with E-state index in [1.165, 1.54) is 0 Å². The van der Waals surface area contributed by atoms with Crippen LogP contribution < -0.4 is 11.2 Å². The highest BCUT2D eigenvalue weighted by molar-refractivity contribution is 5.92. The lowest BCUT2D eigenvalue weighted by atomic mass is 10.00. The molecule has 0 aliphatic carbocycles. The molecule has 1 aliphatic rings. The van der Waals surface area contributed by atoms with Gasteiger partial charge in [-0.25, -0.2) is 9.59 Å². The minimum Gasteiger partial charge on any atom is -0.424 e. The number of aryl methyl sites for hydroxylation is 3. The van der Waals surface area contributed by atoms with Crippen LogP contribution in [-0.4, -0.2) is 50.4 Å². The van der Waals surface area contributed by atoms with Gasteiger partial charge in [0.15, 0.2) is 12.3 Å². The van der Waals surface area contributed by atoms with Gasteiger partial charge >= 0.3 is 11.7 Å². The third-order valence-corrected chi connectivity index (χ3v) is 4.76. The van der Waals surface area contributed by atoms with Crippen molar-refractivity contribution in [2.75, 3.05) is 0 Å². The molecular formula is C19H21FN2O7. The largest absolute Gasteiger partial charge is 0.424 e. The number of rotatable bonds is 4. The van der Waals surface area contributed by atoms with Gasteiger partial charge in [0, 0.05) is 12.3 Å². The van der Waals surface area contributed by atoms with Gasteiger partial charge in [-0.1, -0.05) is 17.7 Å². The maximum atomic E-state index is 14.7. The van der Waals surface area contributed by atoms with E-state index in [9.17, 15) is 29.0 Å². The Morgan fingerprint density at radius 1 is 1.21 bits per heavy atom. The highest BCUT2D eigenvalue weighted by Crippen LogP contribution is 2.32. The van der Waals surface area contributed by atoms with Gasteiger partial charge in [-0.05, 0) is 31.9 Å². The van der Waals surface area contributed by atoms with E-state index in [0.717, 1.165) is 22.4 Å². The molecule has 0 amide bonds. The van der Waals surface area contributed by atoms with E-state index >= 15 is 0 Å². The number of alkyl halides is 1. The standard InChI is InChI=1S/C19H21FN2O7/c1-8-6-9(2)12(10(3)7-8)18(26)29-16(20)15-13(24)14(25)17(28-15)22-5-4-11(23)21-19(22)27/h4-7,13-17,24-25H,1-3H3,(H,21,23,27)/t13-,14+,15-,16?,17+/m0/s1. The fourth-order valence-electron chi connectivity index (χ4n) is 3.49. The van der Waals surface area contributed by atoms with Gasteiger partial charge in [-0.3, -0.25) is 14.3 Å². The first-order valence-corrected chi connectivity index (χ1v) is 8.86. The molecule has 1 aliphatic heterocycles. The number of aliphatic hydroxyl groups excluding tert-OH is 2. The number of esters is 1. The van der Waals surface area contributed by atoms with Crippen molar-refractivity contribution in [3.8, 4) is 0 Å². The van der Waals surface area contributed by atoms with Crippen molar-refractivity contribution in [1.82, 2.24) is 9.55 Å². The average Bonchev–Trinajstić information content (AvgIpc) is 2.89. The lowest BCUT2D eigenvalue weighted by Gasteiger charge is -2.20. The average molecular weight is 408 g/mol. The molecule has 29 heavy (non-hydrogen) atoms. The molecule has 10 heteroatoms. The molecule has 2 aromatic rings. The van der Waals surface area contributed by atoms with Crippen molar-refractivity contribution in [3.05, 3.63) is 67.5 Å². The molecule has 0 bridgehead atoms. The quantitative estimate of drug-likeness (QED) is 0.618. The number of H-pyrrole nitrogens is 1. The van der Waals surface area contributed by atoms with Crippen LogP contribution in [0.1, 0.15) is 33.3 Å². The number of hydrogen-bond donors (Lipinski definition) is 3. The summed E-state index contributed by atoms with van der Waals surface area (Å²) in [5, 5.41) is 20.3. The molecule has 0 spiro atoms. The van der Waals surface area contributed by atoms with Gasteiger partial charge in [0.1, 0.15) is 12.2 Å². The van der Waals surface area contributed by atoms with Crippen molar-refractivity contribution in [2.24, 2.45) is 0 Å². The molecule has 156 valence electrons. The van der Waals surface area contributed by atoms with Crippen molar-refractivity contribution >= 4 is 5.97 Å². The highest BCUT2D eigenvalue weighted by Gasteiger charge is 2.49. The molecular weight excluding hydrogens is 387 g/mol. The number of benzene rings is 1. The smallest absolute Gasteiger partial charge is 0.341 e. The number of carbonyl (C=O) groups excluding carboxylic acids is 1. The Kier molecular flexibility index (Phi) is 5.69. The van der Waals surface area contributed by atoms with E-state index in [1.54, 1.807) is 26.0 Å². The SMILES string of the molecule is Cc1cc(C)c(C(=O)OC(F)[C@H]2O[C@@H](n3ccc(=O)[nH]c3=O)[C@H](O)[C@@H]2O)c(C)c1. The van der Waals surface area contributed by atoms with E-state index in [-0.39, 0.29) is 5.56 Å². The molecule has 1 unspecified atom stereocenters. The van der Waals surface area contributed by atoms with Crippen LogP contribution in [0.25, 0.3) is 0 Å². The van der Waals surface area contributed by atoms with Gasteiger partial charge in [-0.15, -0.1) is 0 Å². The number of aromatic amines is 1. The number of nitrogens with zero attached hydrogens (tertiary/aromatic N) is 1. The first-order valence-electron chi connectivity index (χ1n) is 8.86. The minimum absolute atomic E-state index is 0.194. The van der Waals surface area contributed by atoms with E-state index in [1.807, 2.05) is 11.9 Å². The van der Waals surface area contributed by atoms with Crippen molar-refractivity contribution < 1.29 is 28.9 Å². The van der Waals surface area contributed by atoms with Crippen molar-refractivity contribution in [2.45, 2.75) is 51.7 Å². The first-order chi connectivity index (χ1) is 13.6. The number of hydrogen-bond acceptors (Lipinski definition) is 7. The molecule has 1 aromatic carbocycles. The summed E-state index contributed by atoms with van der Waals surface area (Å²) in [4.78, 5) is 37.5. The third kappa shape index (κ3) is 4.00. The highest BCUT2D eigenvalue weighted by atomic mass is 19.1. The summed E-state index contributed by atoms with van der Waals surface area (Å²) < 4.78 is 25.6. The van der Waals surface area contributed by atoms with Gasteiger partial charge in [0.2, 0.25) is 0 Å². The lowest BCUT2D eigenvalue weighted by molar-refractivity contribution is -0.136. The van der Waals surface area contributed by atoms with Crippen LogP contribution in [0, 0.1) is 20.8 Å². The molecule has 9 nitrogen and oxygen atoms in total. The normalized spacial score (nSPS) is 25.0. The van der Waals surface area contributed by atoms with Crippen LogP contribution in [0.5, 0.6) is 0 Å². The summed E-state index contributed by atoms with van der Waals surface area (Å²) >= 11 is 0. The Morgan fingerprint density at radius 3 is 2.41 bits per heavy atom. The molecule has 0 radical (unpaired) electrons. The zero-order valence-corrected chi connectivity index (χ0v) is 16.0. The monoisotopic (exact) mass is 408 g/mol. The number of ether oxygens (including phenoxy) is 2. The molecule has 1 aromatic heterocycles. The van der Waals surface area contributed by atoms with Crippen molar-refractivity contribution in [3.63, 3.8) is 0 Å². The molecule has 1 fully saturated rings. The number of nitrogens with one attached hydrogen (secondary N) is 1. The number of halogens is 1. The summed E-state index contributed by atoms with van der Waals surface area (Å²) in [5.41, 5.74) is 0.750. The van der Waals surface area contributed by atoms with E-state index in [0.29, 0.717) is 11.1 Å². The second-order valence-electron chi connectivity index (χ2n) is 7.02. The topological polar surface area (TPSA) is 131 Å². The lowest BCUT2D eigenvalue weighted by Crippen LogP contribution is -2.39. The maximum Gasteiger partial charge on any atom is 0.341 e. The fourth-order valence-corrected chi connectivity index (χ4v) is 3.49. The van der Waals surface area contributed by atoms with Gasteiger partial charge in [-0.2, -0.15) is 4.39 Å². The molecule has 5 atom stereocenters. The number of aromatic nitrogens is 2. The Balaban J connectivity index is 1.79. The van der Waals surface area contributed by atoms with E-state index < -0.39 is 48.1 Å². The Hall–Kier alpha value is -2.82. The summed E-state index contributed by atoms with van der Waals surface area (Å²) in [7, 11) is 0. The molecule has 2 heterocycles. The molecule has 0 saturated carbocycles. The van der Waals surface area contributed by atoms with Crippen LogP contribution in [0.4, 0.5) is 4.39 Å². The summed E-state index contributed by atoms with van der Waals surface area (Å²) in [6.07, 6.45) is -8.04. The summed E-state index contributed by atoms with van der Waals surface area (Å²) in [5.74, 6) is -0.942. The predicted octanol–water partition coefficient (Wildman–Crippen LogP) is 0.234. The van der Waals surface area contributed by atoms with Crippen LogP contribution in [0.3, 0.4) is 0 Å². The molecule has 1 saturated heterocycles. The zero-order chi connectivity index (χ0) is 21.5. The first kappa shape index (κ1) is 20.9. The maximum absolute atomic E-state index is 14.7. The Morgan fingerprint density at radius 2 is 1.83 bits per heavy atom. The minimum atomic E-state index is -2.41. The van der Waals surface area contributed by atoms with Crippen LogP contribution in [0.2, 0.25) is 0 Å². The van der Waals surface area contributed by atoms with Gasteiger partial charge < -0.3 is 19.7 Å². The number of carbonyl (C=O) groups is 1. The van der Waals surface area contributed by atoms with E-state index in [4.69, 9.17) is 9.47 Å². The third-order valence-electron chi connectivity index (χ3n) is 4.76. The fraction of sp³-hybridized carbons (Fsp3) is 0.421. The van der Waals surface area contributed by atoms with Gasteiger partial charge in [0.05, 0.1) is 5.56 Å². The predicted molar refractivity (Wildman–Crippen MR) is 98.2 cm³/mol. The van der Waals surface area contributed by atoms with Gasteiger partial charge in [0.25, 0.3) is 11.9 Å². The molecule has 3 N–H and O–H groups in total. The second-order valence-corrected chi connectivity index (χ2v) is 7.02. The molecule has 3 rings (SSSR count). The summed E-state index contributed by atoms with van der Waals surface area (Å²) in [6, 6.07) is 4.51. The number of aliphatic hydroxyl groups is 2. The Labute approximate surface area is 164 Å². The summed E-state index contributed by atoms with van der Waals surface area (Å²) in [6.45, 7) is 5.23. The second kappa shape index (κ2) is 7.90. The van der Waals surface area contributed by atoms with Crippen molar-refractivity contribution in [1.29, 1.82) is 0 Å². The van der Waals surface area contributed by atoms with Crippen LogP contribution in [0.15, 0.2) is 34.0 Å². The van der Waals surface area contributed by atoms with E-state index in [2.05, 4.69) is 0 Å².